The Morgan fingerprint density at radius 2 is 1.90 bits per heavy atom. The number of nitrogen functional groups attached to an aromatic ring is 1. The van der Waals surface area contributed by atoms with Gasteiger partial charge in [0.25, 0.3) is 0 Å². The number of pyridine rings is 1. The number of amidine groups is 1. The third-order valence-electron chi connectivity index (χ3n) is 3.51. The van der Waals surface area contributed by atoms with Crippen LogP contribution in [0.3, 0.4) is 0 Å². The van der Waals surface area contributed by atoms with Crippen molar-refractivity contribution in [3.8, 4) is 0 Å². The van der Waals surface area contributed by atoms with Crippen molar-refractivity contribution in [1.29, 1.82) is 5.41 Å². The highest BCUT2D eigenvalue weighted by atomic mass is 15.2. The first-order valence-corrected chi connectivity index (χ1v) is 6.52. The molecule has 0 bridgehead atoms. The molecule has 106 valence electrons. The molecule has 0 amide bonds. The van der Waals surface area contributed by atoms with Crippen LogP contribution in [0.15, 0.2) is 42.9 Å². The molecule has 3 aromatic rings. The number of nitrogens with zero attached hydrogens (tertiary/aromatic N) is 4. The summed E-state index contributed by atoms with van der Waals surface area (Å²) in [5, 5.41) is 7.43. The van der Waals surface area contributed by atoms with Crippen LogP contribution in [0.25, 0.3) is 11.0 Å². The van der Waals surface area contributed by atoms with Crippen LogP contribution in [0, 0.1) is 5.41 Å². The molecule has 2 heterocycles. The lowest BCUT2D eigenvalue weighted by Crippen LogP contribution is -2.13. The van der Waals surface area contributed by atoms with Crippen molar-refractivity contribution in [2.24, 2.45) is 12.8 Å². The average Bonchev–Trinajstić information content (AvgIpc) is 2.88. The summed E-state index contributed by atoms with van der Waals surface area (Å²) in [6.07, 6.45) is 3.56. The van der Waals surface area contributed by atoms with Crippen LogP contribution >= 0.6 is 0 Å². The Morgan fingerprint density at radius 1 is 1.19 bits per heavy atom. The third-order valence-corrected chi connectivity index (χ3v) is 3.51. The molecule has 0 radical (unpaired) electrons. The molecule has 2 aromatic heterocycles. The summed E-state index contributed by atoms with van der Waals surface area (Å²) in [5.41, 5.74) is 9.03. The van der Waals surface area contributed by atoms with Crippen LogP contribution in [-0.2, 0) is 7.05 Å². The van der Waals surface area contributed by atoms with Crippen LogP contribution in [0.5, 0.6) is 0 Å². The van der Waals surface area contributed by atoms with Crippen molar-refractivity contribution in [2.45, 2.75) is 0 Å². The van der Waals surface area contributed by atoms with E-state index in [2.05, 4.69) is 9.97 Å². The minimum absolute atomic E-state index is 0.0640. The summed E-state index contributed by atoms with van der Waals surface area (Å²) in [6, 6.07) is 9.43. The second-order valence-corrected chi connectivity index (χ2v) is 4.88. The Hall–Kier alpha value is -2.89. The molecule has 0 fully saturated rings. The number of nitrogens with two attached hydrogens (primary N) is 1. The van der Waals surface area contributed by atoms with E-state index < -0.39 is 0 Å². The highest BCUT2D eigenvalue weighted by molar-refractivity contribution is 5.95. The van der Waals surface area contributed by atoms with E-state index in [0.29, 0.717) is 5.56 Å². The fourth-order valence-corrected chi connectivity index (χ4v) is 2.28. The summed E-state index contributed by atoms with van der Waals surface area (Å²) in [5.74, 6) is 0.859. The van der Waals surface area contributed by atoms with E-state index in [-0.39, 0.29) is 5.84 Å². The van der Waals surface area contributed by atoms with Crippen LogP contribution in [0.1, 0.15) is 5.56 Å². The number of imidazole rings is 1. The summed E-state index contributed by atoms with van der Waals surface area (Å²) in [4.78, 5) is 10.8. The maximum Gasteiger partial charge on any atom is 0.160 e. The van der Waals surface area contributed by atoms with E-state index in [0.717, 1.165) is 22.5 Å². The lowest BCUT2D eigenvalue weighted by molar-refractivity contribution is 0.947. The van der Waals surface area contributed by atoms with Gasteiger partial charge in [0.15, 0.2) is 5.82 Å². The van der Waals surface area contributed by atoms with Gasteiger partial charge >= 0.3 is 0 Å². The standard InChI is InChI=1S/C15H16N6/c1-20-9-19-13-12(20)7-8-18-15(13)21(2)11-5-3-10(4-6-11)14(16)17/h3-9H,1-2H3,(H3,16,17). The van der Waals surface area contributed by atoms with Crippen molar-refractivity contribution in [3.63, 3.8) is 0 Å². The molecular weight excluding hydrogens is 264 g/mol. The van der Waals surface area contributed by atoms with Gasteiger partial charge in [-0.05, 0) is 30.3 Å². The Morgan fingerprint density at radius 3 is 2.57 bits per heavy atom. The number of fused-ring (bicyclic) bond motifs is 1. The zero-order valence-electron chi connectivity index (χ0n) is 11.9. The van der Waals surface area contributed by atoms with Gasteiger partial charge in [-0.3, -0.25) is 5.41 Å². The number of anilines is 2. The summed E-state index contributed by atoms with van der Waals surface area (Å²) < 4.78 is 1.97. The molecule has 0 unspecified atom stereocenters. The van der Waals surface area contributed by atoms with Crippen molar-refractivity contribution in [3.05, 3.63) is 48.4 Å². The van der Waals surface area contributed by atoms with Crippen molar-refractivity contribution in [1.82, 2.24) is 14.5 Å². The van der Waals surface area contributed by atoms with E-state index in [4.69, 9.17) is 11.1 Å². The third kappa shape index (κ3) is 2.20. The number of hydrogen-bond donors (Lipinski definition) is 2. The van der Waals surface area contributed by atoms with Gasteiger partial charge in [0.05, 0.1) is 11.8 Å². The first-order valence-electron chi connectivity index (χ1n) is 6.52. The summed E-state index contributed by atoms with van der Waals surface area (Å²) in [6.45, 7) is 0. The van der Waals surface area contributed by atoms with Crippen LogP contribution in [-0.4, -0.2) is 27.4 Å². The van der Waals surface area contributed by atoms with Gasteiger partial charge in [0, 0.05) is 31.5 Å². The predicted octanol–water partition coefficient (Wildman–Crippen LogP) is 2.02. The topological polar surface area (TPSA) is 83.8 Å². The number of aromatic nitrogens is 3. The van der Waals surface area contributed by atoms with Gasteiger partial charge in [-0.15, -0.1) is 0 Å². The monoisotopic (exact) mass is 280 g/mol. The Balaban J connectivity index is 2.03. The Bertz CT molecular complexity index is 803. The summed E-state index contributed by atoms with van der Waals surface area (Å²) in [7, 11) is 3.90. The van der Waals surface area contributed by atoms with Crippen LogP contribution < -0.4 is 10.6 Å². The number of nitrogens with one attached hydrogen (secondary N) is 1. The van der Waals surface area contributed by atoms with Gasteiger partial charge in [-0.1, -0.05) is 0 Å². The Labute approximate surface area is 122 Å². The molecule has 0 aliphatic carbocycles. The summed E-state index contributed by atoms with van der Waals surface area (Å²) >= 11 is 0. The van der Waals surface area contributed by atoms with Crippen LogP contribution in [0.2, 0.25) is 0 Å². The average molecular weight is 280 g/mol. The number of hydrogen-bond acceptors (Lipinski definition) is 4. The fraction of sp³-hybridized carbons (Fsp3) is 0.133. The maximum atomic E-state index is 7.43. The minimum atomic E-state index is 0.0640. The minimum Gasteiger partial charge on any atom is -0.384 e. The lowest BCUT2D eigenvalue weighted by Gasteiger charge is -2.19. The maximum absolute atomic E-state index is 7.43. The zero-order valence-corrected chi connectivity index (χ0v) is 11.9. The van der Waals surface area contributed by atoms with Crippen molar-refractivity contribution < 1.29 is 0 Å². The van der Waals surface area contributed by atoms with E-state index in [1.807, 2.05) is 53.9 Å². The molecule has 0 spiro atoms. The highest BCUT2D eigenvalue weighted by Crippen LogP contribution is 2.27. The number of rotatable bonds is 3. The SMILES string of the molecule is CN(c1ccc(C(=N)N)cc1)c1nccc2c1ncn2C. The van der Waals surface area contributed by atoms with Crippen LogP contribution in [0.4, 0.5) is 11.5 Å². The predicted molar refractivity (Wildman–Crippen MR) is 84.0 cm³/mol. The van der Waals surface area contributed by atoms with E-state index in [1.165, 1.54) is 0 Å². The molecule has 6 nitrogen and oxygen atoms in total. The highest BCUT2D eigenvalue weighted by Gasteiger charge is 2.12. The van der Waals surface area contributed by atoms with E-state index in [9.17, 15) is 0 Å². The molecular formula is C15H16N6. The Kier molecular flexibility index (Phi) is 3.06. The van der Waals surface area contributed by atoms with Crippen molar-refractivity contribution in [2.75, 3.05) is 11.9 Å². The van der Waals surface area contributed by atoms with Gasteiger partial charge in [-0.2, -0.15) is 0 Å². The first kappa shape index (κ1) is 13.1. The van der Waals surface area contributed by atoms with Crippen molar-refractivity contribution >= 4 is 28.4 Å². The first-order chi connectivity index (χ1) is 10.1. The van der Waals surface area contributed by atoms with E-state index in [1.54, 1.807) is 12.5 Å². The molecule has 0 aliphatic heterocycles. The molecule has 6 heteroatoms. The van der Waals surface area contributed by atoms with Gasteiger partial charge in [-0.25, -0.2) is 9.97 Å². The quantitative estimate of drug-likeness (QED) is 0.568. The van der Waals surface area contributed by atoms with E-state index >= 15 is 0 Å². The number of benzene rings is 1. The smallest absolute Gasteiger partial charge is 0.160 e. The molecule has 3 rings (SSSR count). The largest absolute Gasteiger partial charge is 0.384 e. The molecule has 1 aromatic carbocycles. The second-order valence-electron chi connectivity index (χ2n) is 4.88. The molecule has 0 saturated carbocycles. The molecule has 0 saturated heterocycles. The lowest BCUT2D eigenvalue weighted by atomic mass is 10.2. The zero-order chi connectivity index (χ0) is 15.0. The molecule has 0 atom stereocenters. The van der Waals surface area contributed by atoms with Gasteiger partial charge < -0.3 is 15.2 Å². The van der Waals surface area contributed by atoms with Gasteiger partial charge in [0.2, 0.25) is 0 Å². The molecule has 21 heavy (non-hydrogen) atoms. The normalized spacial score (nSPS) is 10.8. The second kappa shape index (κ2) is 4.90. The molecule has 3 N–H and O–H groups in total. The molecule has 0 aliphatic rings. The fourth-order valence-electron chi connectivity index (χ4n) is 2.28. The number of aryl methyl sites for hydroxylation is 1. The van der Waals surface area contributed by atoms with Gasteiger partial charge in [0.1, 0.15) is 11.4 Å².